The zero-order valence-electron chi connectivity index (χ0n) is 21.2. The van der Waals surface area contributed by atoms with Gasteiger partial charge >= 0.3 is 6.18 Å². The third-order valence-corrected chi connectivity index (χ3v) is 6.46. The van der Waals surface area contributed by atoms with E-state index in [0.29, 0.717) is 23.9 Å². The van der Waals surface area contributed by atoms with Gasteiger partial charge in [-0.15, -0.1) is 0 Å². The largest absolute Gasteiger partial charge is 0.457 e. The Morgan fingerprint density at radius 1 is 0.923 bits per heavy atom. The van der Waals surface area contributed by atoms with Crippen molar-refractivity contribution in [2.75, 3.05) is 24.3 Å². The van der Waals surface area contributed by atoms with Gasteiger partial charge in [0.25, 0.3) is 0 Å². The number of hydrogen-bond donors (Lipinski definition) is 1. The van der Waals surface area contributed by atoms with Crippen LogP contribution in [-0.2, 0) is 19.3 Å². The second-order valence-electron chi connectivity index (χ2n) is 8.91. The highest BCUT2D eigenvalue weighted by Gasteiger charge is 2.37. The van der Waals surface area contributed by atoms with Crippen LogP contribution in [0, 0.1) is 0 Å². The first-order valence-corrected chi connectivity index (χ1v) is 12.7. The van der Waals surface area contributed by atoms with E-state index in [0.717, 1.165) is 16.9 Å². The molecular weight excluding hydrogens is 545 g/mol. The van der Waals surface area contributed by atoms with Crippen molar-refractivity contribution >= 4 is 40.3 Å². The second kappa shape index (κ2) is 12.4. The van der Waals surface area contributed by atoms with E-state index in [2.05, 4.69) is 22.4 Å². The van der Waals surface area contributed by atoms with E-state index >= 15 is 0 Å². The maximum Gasteiger partial charge on any atom is 0.421 e. The SMILES string of the molecule is CN(C)c1ccc(CN(Cc2ccccn2)C(=S)Nc2ccc(Oc3cccc(Cl)c3C(F)(F)F)cc2)cc1. The highest BCUT2D eigenvalue weighted by Crippen LogP contribution is 2.42. The fourth-order valence-corrected chi connectivity index (χ4v) is 4.33. The molecule has 0 aliphatic rings. The van der Waals surface area contributed by atoms with Gasteiger partial charge in [0.1, 0.15) is 17.1 Å². The van der Waals surface area contributed by atoms with Crippen molar-refractivity contribution in [2.24, 2.45) is 0 Å². The fourth-order valence-electron chi connectivity index (χ4n) is 3.81. The van der Waals surface area contributed by atoms with Gasteiger partial charge in [-0.05, 0) is 78.4 Å². The van der Waals surface area contributed by atoms with Crippen LogP contribution < -0.4 is 15.0 Å². The number of anilines is 2. The lowest BCUT2D eigenvalue weighted by atomic mass is 10.2. The van der Waals surface area contributed by atoms with Crippen LogP contribution in [0.2, 0.25) is 5.02 Å². The number of thiocarbonyl (C=S) groups is 1. The number of rotatable bonds is 8. The Hall–Kier alpha value is -3.82. The van der Waals surface area contributed by atoms with Crippen LogP contribution >= 0.6 is 23.8 Å². The number of halogens is 4. The Morgan fingerprint density at radius 2 is 1.64 bits per heavy atom. The molecule has 1 N–H and O–H groups in total. The lowest BCUT2D eigenvalue weighted by molar-refractivity contribution is -0.138. The summed E-state index contributed by atoms with van der Waals surface area (Å²) in [7, 11) is 3.98. The van der Waals surface area contributed by atoms with Gasteiger partial charge in [-0.25, -0.2) is 0 Å². The first kappa shape index (κ1) is 28.2. The van der Waals surface area contributed by atoms with E-state index in [4.69, 9.17) is 28.6 Å². The van der Waals surface area contributed by atoms with Crippen molar-refractivity contribution < 1.29 is 17.9 Å². The van der Waals surface area contributed by atoms with E-state index in [1.807, 2.05) is 54.2 Å². The van der Waals surface area contributed by atoms with Crippen molar-refractivity contribution in [3.63, 3.8) is 0 Å². The van der Waals surface area contributed by atoms with Crippen molar-refractivity contribution in [1.29, 1.82) is 0 Å². The predicted octanol–water partition coefficient (Wildman–Crippen LogP) is 8.01. The molecule has 0 radical (unpaired) electrons. The summed E-state index contributed by atoms with van der Waals surface area (Å²) in [5.41, 5.74) is 2.67. The van der Waals surface area contributed by atoms with Crippen LogP contribution in [0.3, 0.4) is 0 Å². The summed E-state index contributed by atoms with van der Waals surface area (Å²) >= 11 is 11.5. The van der Waals surface area contributed by atoms with Crippen LogP contribution in [0.5, 0.6) is 11.5 Å². The van der Waals surface area contributed by atoms with E-state index in [1.54, 1.807) is 30.5 Å². The number of aromatic nitrogens is 1. The minimum Gasteiger partial charge on any atom is -0.457 e. The van der Waals surface area contributed by atoms with Gasteiger partial charge in [-0.2, -0.15) is 13.2 Å². The highest BCUT2D eigenvalue weighted by atomic mass is 35.5. The van der Waals surface area contributed by atoms with Crippen LogP contribution in [-0.4, -0.2) is 29.1 Å². The Balaban J connectivity index is 1.49. The number of alkyl halides is 3. The zero-order chi connectivity index (χ0) is 28.0. The summed E-state index contributed by atoms with van der Waals surface area (Å²) in [6, 6.07) is 24.2. The van der Waals surface area contributed by atoms with E-state index in [9.17, 15) is 13.2 Å². The van der Waals surface area contributed by atoms with Crippen molar-refractivity contribution in [2.45, 2.75) is 19.3 Å². The fraction of sp³-hybridized carbons (Fsp3) is 0.172. The molecule has 0 unspecified atom stereocenters. The number of nitrogens with one attached hydrogen (secondary N) is 1. The van der Waals surface area contributed by atoms with Gasteiger partial charge in [0, 0.05) is 38.2 Å². The second-order valence-corrected chi connectivity index (χ2v) is 9.70. The number of hydrogen-bond acceptors (Lipinski definition) is 4. The van der Waals surface area contributed by atoms with E-state index in [-0.39, 0.29) is 11.5 Å². The molecule has 0 saturated heterocycles. The molecule has 4 aromatic rings. The molecule has 5 nitrogen and oxygen atoms in total. The van der Waals surface area contributed by atoms with Crippen LogP contribution in [0.4, 0.5) is 24.5 Å². The lowest BCUT2D eigenvalue weighted by Gasteiger charge is -2.26. The Labute approximate surface area is 235 Å². The molecule has 0 saturated carbocycles. The van der Waals surface area contributed by atoms with Crippen molar-refractivity contribution in [3.05, 3.63) is 113 Å². The number of ether oxygens (including phenoxy) is 1. The van der Waals surface area contributed by atoms with E-state index < -0.39 is 16.8 Å². The molecule has 1 aromatic heterocycles. The molecule has 0 aliphatic carbocycles. The number of pyridine rings is 1. The highest BCUT2D eigenvalue weighted by molar-refractivity contribution is 7.80. The first-order chi connectivity index (χ1) is 18.6. The molecule has 4 rings (SSSR count). The van der Waals surface area contributed by atoms with Gasteiger partial charge in [0.15, 0.2) is 5.11 Å². The average molecular weight is 571 g/mol. The Kier molecular flexibility index (Phi) is 8.93. The molecule has 202 valence electrons. The van der Waals surface area contributed by atoms with Crippen LogP contribution in [0.25, 0.3) is 0 Å². The van der Waals surface area contributed by atoms with E-state index in [1.165, 1.54) is 18.2 Å². The zero-order valence-corrected chi connectivity index (χ0v) is 22.8. The topological polar surface area (TPSA) is 40.6 Å². The first-order valence-electron chi connectivity index (χ1n) is 12.0. The Morgan fingerprint density at radius 3 is 2.26 bits per heavy atom. The molecule has 0 fully saturated rings. The molecule has 10 heteroatoms. The van der Waals surface area contributed by atoms with Gasteiger partial charge < -0.3 is 19.9 Å². The third kappa shape index (κ3) is 7.61. The molecule has 3 aromatic carbocycles. The molecule has 0 amide bonds. The molecule has 0 spiro atoms. The van der Waals surface area contributed by atoms with Gasteiger partial charge in [0.05, 0.1) is 17.3 Å². The third-order valence-electron chi connectivity index (χ3n) is 5.78. The normalized spacial score (nSPS) is 11.1. The molecule has 1 heterocycles. The smallest absolute Gasteiger partial charge is 0.421 e. The van der Waals surface area contributed by atoms with Gasteiger partial charge in [-0.3, -0.25) is 4.98 Å². The summed E-state index contributed by atoms with van der Waals surface area (Å²) in [4.78, 5) is 8.45. The summed E-state index contributed by atoms with van der Waals surface area (Å²) in [6.07, 6.45) is -2.91. The maximum atomic E-state index is 13.5. The minimum absolute atomic E-state index is 0.227. The van der Waals surface area contributed by atoms with Crippen molar-refractivity contribution in [3.8, 4) is 11.5 Å². The Bertz CT molecular complexity index is 1400. The molecular formula is C29H26ClF3N4OS. The lowest BCUT2D eigenvalue weighted by Crippen LogP contribution is -2.34. The standard InChI is InChI=1S/C29H26ClF3N4OS/c1-36(2)23-13-9-20(10-14-23)18-37(19-22-6-3-4-17-34-22)28(39)35-21-11-15-24(16-12-21)38-26-8-5-7-25(30)27(26)29(31,32)33/h3-17H,18-19H2,1-2H3,(H,35,39). The predicted molar refractivity (Wildman–Crippen MR) is 153 cm³/mol. The molecule has 0 bridgehead atoms. The quantitative estimate of drug-likeness (QED) is 0.216. The van der Waals surface area contributed by atoms with Crippen LogP contribution in [0.1, 0.15) is 16.8 Å². The number of benzene rings is 3. The van der Waals surface area contributed by atoms with Crippen molar-refractivity contribution in [1.82, 2.24) is 9.88 Å². The average Bonchev–Trinajstić information content (AvgIpc) is 2.89. The monoisotopic (exact) mass is 570 g/mol. The number of nitrogens with zero attached hydrogens (tertiary/aromatic N) is 3. The maximum absolute atomic E-state index is 13.5. The molecule has 0 atom stereocenters. The summed E-state index contributed by atoms with van der Waals surface area (Å²) in [6.45, 7) is 1.03. The minimum atomic E-state index is -4.65. The van der Waals surface area contributed by atoms with Crippen LogP contribution in [0.15, 0.2) is 91.1 Å². The summed E-state index contributed by atoms with van der Waals surface area (Å²) in [5.74, 6) is -0.140. The van der Waals surface area contributed by atoms with Gasteiger partial charge in [0.2, 0.25) is 0 Å². The molecule has 0 aliphatic heterocycles. The summed E-state index contributed by atoms with van der Waals surface area (Å²) in [5, 5.41) is 3.26. The summed E-state index contributed by atoms with van der Waals surface area (Å²) < 4.78 is 45.9. The molecule has 39 heavy (non-hydrogen) atoms. The van der Waals surface area contributed by atoms with Gasteiger partial charge in [-0.1, -0.05) is 35.9 Å².